The van der Waals surface area contributed by atoms with Crippen molar-refractivity contribution in [2.45, 2.75) is 19.6 Å². The van der Waals surface area contributed by atoms with Crippen molar-refractivity contribution in [3.05, 3.63) is 41.5 Å². The number of hydrogen-bond acceptors (Lipinski definition) is 4. The van der Waals surface area contributed by atoms with Crippen LogP contribution >= 0.6 is 0 Å². The molecule has 2 aromatic rings. The third kappa shape index (κ3) is 2.99. The summed E-state index contributed by atoms with van der Waals surface area (Å²) in [5, 5.41) is 6.49. The van der Waals surface area contributed by atoms with Crippen LogP contribution in [0.5, 0.6) is 0 Å². The van der Waals surface area contributed by atoms with Crippen molar-refractivity contribution in [3.63, 3.8) is 0 Å². The van der Waals surface area contributed by atoms with Gasteiger partial charge in [-0.2, -0.15) is 18.2 Å². The number of halogens is 3. The summed E-state index contributed by atoms with van der Waals surface area (Å²) in [5.74, 6) is 0.895. The van der Waals surface area contributed by atoms with Crippen LogP contribution in [0.4, 0.5) is 18.9 Å². The van der Waals surface area contributed by atoms with Crippen LogP contribution in [0.2, 0.25) is 0 Å². The number of aryl methyl sites for hydroxylation is 1. The third-order valence-electron chi connectivity index (χ3n) is 2.23. The molecule has 1 N–H and O–H groups in total. The Balaban J connectivity index is 1.98. The van der Waals surface area contributed by atoms with Crippen molar-refractivity contribution in [1.29, 1.82) is 0 Å². The minimum Gasteiger partial charge on any atom is -0.376 e. The number of nitrogens with zero attached hydrogens (tertiary/aromatic N) is 2. The van der Waals surface area contributed by atoms with Gasteiger partial charge in [-0.25, -0.2) is 0 Å². The number of nitrogens with one attached hydrogen (secondary N) is 1. The number of alkyl halides is 3. The van der Waals surface area contributed by atoms with E-state index in [2.05, 4.69) is 15.5 Å². The monoisotopic (exact) mass is 257 g/mol. The number of rotatable bonds is 3. The van der Waals surface area contributed by atoms with E-state index in [0.717, 1.165) is 12.1 Å². The largest absolute Gasteiger partial charge is 0.416 e. The number of anilines is 1. The Kier molecular flexibility index (Phi) is 3.22. The molecule has 0 saturated carbocycles. The van der Waals surface area contributed by atoms with Crippen LogP contribution in [-0.4, -0.2) is 10.1 Å². The van der Waals surface area contributed by atoms with Crippen molar-refractivity contribution < 1.29 is 17.7 Å². The first-order chi connectivity index (χ1) is 8.45. The second kappa shape index (κ2) is 4.67. The van der Waals surface area contributed by atoms with Crippen molar-refractivity contribution in [1.82, 2.24) is 10.1 Å². The molecule has 0 atom stereocenters. The maximum absolute atomic E-state index is 12.3. The van der Waals surface area contributed by atoms with E-state index < -0.39 is 11.7 Å². The lowest BCUT2D eigenvalue weighted by molar-refractivity contribution is -0.137. The second-order valence-corrected chi connectivity index (χ2v) is 3.66. The van der Waals surface area contributed by atoms with Gasteiger partial charge in [0.1, 0.15) is 0 Å². The van der Waals surface area contributed by atoms with Gasteiger partial charge >= 0.3 is 6.18 Å². The minimum absolute atomic E-state index is 0.270. The van der Waals surface area contributed by atoms with E-state index in [1.54, 1.807) is 6.92 Å². The number of aromatic nitrogens is 2. The normalized spacial score (nSPS) is 11.6. The van der Waals surface area contributed by atoms with Gasteiger partial charge in [-0.15, -0.1) is 0 Å². The molecule has 0 saturated heterocycles. The van der Waals surface area contributed by atoms with E-state index in [-0.39, 0.29) is 6.54 Å². The Labute approximate surface area is 101 Å². The zero-order valence-corrected chi connectivity index (χ0v) is 9.45. The van der Waals surface area contributed by atoms with Gasteiger partial charge < -0.3 is 9.84 Å². The number of hydrogen-bond donors (Lipinski definition) is 1. The van der Waals surface area contributed by atoms with E-state index in [9.17, 15) is 13.2 Å². The highest BCUT2D eigenvalue weighted by molar-refractivity contribution is 5.45. The Morgan fingerprint density at radius 3 is 2.39 bits per heavy atom. The molecule has 18 heavy (non-hydrogen) atoms. The molecule has 0 amide bonds. The van der Waals surface area contributed by atoms with Crippen LogP contribution in [-0.2, 0) is 12.7 Å². The van der Waals surface area contributed by atoms with E-state index in [4.69, 9.17) is 4.52 Å². The van der Waals surface area contributed by atoms with Gasteiger partial charge in [-0.05, 0) is 31.2 Å². The molecular formula is C11H10F3N3O. The molecule has 0 aliphatic rings. The molecule has 4 nitrogen and oxygen atoms in total. The zero-order chi connectivity index (χ0) is 13.2. The average molecular weight is 257 g/mol. The molecule has 0 spiro atoms. The molecule has 2 rings (SSSR count). The quantitative estimate of drug-likeness (QED) is 0.918. The fourth-order valence-corrected chi connectivity index (χ4v) is 1.37. The highest BCUT2D eigenvalue weighted by Gasteiger charge is 2.29. The summed E-state index contributed by atoms with van der Waals surface area (Å²) in [6.45, 7) is 1.96. The molecule has 0 aliphatic heterocycles. The molecule has 7 heteroatoms. The van der Waals surface area contributed by atoms with Gasteiger partial charge in [-0.1, -0.05) is 5.16 Å². The Bertz CT molecular complexity index is 519. The van der Waals surface area contributed by atoms with Crippen LogP contribution in [0.3, 0.4) is 0 Å². The molecule has 1 aromatic heterocycles. The highest BCUT2D eigenvalue weighted by atomic mass is 19.4. The van der Waals surface area contributed by atoms with Gasteiger partial charge in [-0.3, -0.25) is 0 Å². The maximum atomic E-state index is 12.3. The summed E-state index contributed by atoms with van der Waals surface area (Å²) in [7, 11) is 0. The summed E-state index contributed by atoms with van der Waals surface area (Å²) >= 11 is 0. The van der Waals surface area contributed by atoms with Gasteiger partial charge in [0, 0.05) is 5.69 Å². The van der Waals surface area contributed by atoms with Gasteiger partial charge in [0.2, 0.25) is 5.89 Å². The SMILES string of the molecule is Cc1noc(CNc2ccc(C(F)(F)F)cc2)n1. The fraction of sp³-hybridized carbons (Fsp3) is 0.273. The summed E-state index contributed by atoms with van der Waals surface area (Å²) in [6.07, 6.45) is -4.32. The minimum atomic E-state index is -4.32. The lowest BCUT2D eigenvalue weighted by atomic mass is 10.2. The molecule has 1 heterocycles. The van der Waals surface area contributed by atoms with E-state index in [1.807, 2.05) is 0 Å². The van der Waals surface area contributed by atoms with E-state index in [1.165, 1.54) is 12.1 Å². The van der Waals surface area contributed by atoms with Gasteiger partial charge in [0.15, 0.2) is 5.82 Å². The first kappa shape index (κ1) is 12.4. The first-order valence-electron chi connectivity index (χ1n) is 5.15. The molecule has 0 unspecified atom stereocenters. The van der Waals surface area contributed by atoms with Crippen LogP contribution in [0, 0.1) is 6.92 Å². The first-order valence-corrected chi connectivity index (χ1v) is 5.15. The van der Waals surface area contributed by atoms with Crippen molar-refractivity contribution >= 4 is 5.69 Å². The summed E-state index contributed by atoms with van der Waals surface area (Å²) in [5.41, 5.74) is -0.125. The van der Waals surface area contributed by atoms with E-state index >= 15 is 0 Å². The molecule has 0 aliphatic carbocycles. The predicted molar refractivity (Wildman–Crippen MR) is 57.8 cm³/mol. The number of benzene rings is 1. The summed E-state index contributed by atoms with van der Waals surface area (Å²) in [6, 6.07) is 4.74. The van der Waals surface area contributed by atoms with Crippen molar-refractivity contribution in [2.24, 2.45) is 0 Å². The van der Waals surface area contributed by atoms with Crippen molar-refractivity contribution in [2.75, 3.05) is 5.32 Å². The predicted octanol–water partition coefficient (Wildman–Crippen LogP) is 3.01. The lowest BCUT2D eigenvalue weighted by Gasteiger charge is -2.08. The molecule has 1 aromatic carbocycles. The zero-order valence-electron chi connectivity index (χ0n) is 9.45. The van der Waals surface area contributed by atoms with Crippen LogP contribution in [0.15, 0.2) is 28.8 Å². The highest BCUT2D eigenvalue weighted by Crippen LogP contribution is 2.29. The lowest BCUT2D eigenvalue weighted by Crippen LogP contribution is -2.05. The summed E-state index contributed by atoms with van der Waals surface area (Å²) in [4.78, 5) is 3.96. The van der Waals surface area contributed by atoms with E-state index in [0.29, 0.717) is 17.4 Å². The topological polar surface area (TPSA) is 51.0 Å². The molecule has 0 radical (unpaired) electrons. The Hall–Kier alpha value is -2.05. The van der Waals surface area contributed by atoms with Crippen LogP contribution in [0.1, 0.15) is 17.3 Å². The molecule has 96 valence electrons. The van der Waals surface area contributed by atoms with Gasteiger partial charge in [0.05, 0.1) is 12.1 Å². The summed E-state index contributed by atoms with van der Waals surface area (Å²) < 4.78 is 41.8. The maximum Gasteiger partial charge on any atom is 0.416 e. The van der Waals surface area contributed by atoms with Gasteiger partial charge in [0.25, 0.3) is 0 Å². The fourth-order valence-electron chi connectivity index (χ4n) is 1.37. The van der Waals surface area contributed by atoms with Crippen molar-refractivity contribution in [3.8, 4) is 0 Å². The smallest absolute Gasteiger partial charge is 0.376 e. The Morgan fingerprint density at radius 1 is 1.22 bits per heavy atom. The molecule has 0 fully saturated rings. The van der Waals surface area contributed by atoms with Crippen LogP contribution in [0.25, 0.3) is 0 Å². The second-order valence-electron chi connectivity index (χ2n) is 3.66. The average Bonchev–Trinajstić information content (AvgIpc) is 2.72. The standard InChI is InChI=1S/C11H10F3N3O/c1-7-16-10(18-17-7)6-15-9-4-2-8(3-5-9)11(12,13)14/h2-5,15H,6H2,1H3. The third-order valence-corrected chi connectivity index (χ3v) is 2.23. The Morgan fingerprint density at radius 2 is 1.89 bits per heavy atom. The molecular weight excluding hydrogens is 247 g/mol. The molecule has 0 bridgehead atoms. The van der Waals surface area contributed by atoms with Crippen LogP contribution < -0.4 is 5.32 Å².